The van der Waals surface area contributed by atoms with E-state index >= 15 is 0 Å². The molecule has 0 aromatic carbocycles. The molecule has 0 heterocycles. The van der Waals surface area contributed by atoms with E-state index in [-0.39, 0.29) is 6.10 Å². The quantitative estimate of drug-likeness (QED) is 0.602. The van der Waals surface area contributed by atoms with Crippen molar-refractivity contribution in [1.29, 1.82) is 0 Å². The Hall–Kier alpha value is -0.0800. The molecule has 2 aliphatic rings. The summed E-state index contributed by atoms with van der Waals surface area (Å²) in [4.78, 5) is 2.19. The van der Waals surface area contributed by atoms with Crippen LogP contribution in [0.4, 0.5) is 0 Å². The first kappa shape index (κ1) is 7.56. The van der Waals surface area contributed by atoms with Crippen LogP contribution >= 0.6 is 0 Å². The van der Waals surface area contributed by atoms with Gasteiger partial charge in [0.05, 0.1) is 6.10 Å². The highest BCUT2D eigenvalue weighted by Crippen LogP contribution is 2.46. The zero-order valence-corrected chi connectivity index (χ0v) is 7.33. The molecule has 0 spiro atoms. The number of hydrogen-bond acceptors (Lipinski definition) is 2. The van der Waals surface area contributed by atoms with Crippen molar-refractivity contribution < 1.29 is 5.11 Å². The predicted molar refractivity (Wildman–Crippen MR) is 44.3 cm³/mol. The largest absolute Gasteiger partial charge is 0.391 e. The first-order valence-corrected chi connectivity index (χ1v) is 4.54. The summed E-state index contributed by atoms with van der Waals surface area (Å²) in [7, 11) is 4.16. The van der Waals surface area contributed by atoms with Crippen LogP contribution in [0.15, 0.2) is 0 Å². The first-order valence-electron chi connectivity index (χ1n) is 4.54. The highest BCUT2D eigenvalue weighted by molar-refractivity contribution is 5.00. The molecular formula is C9H17NO. The van der Waals surface area contributed by atoms with Crippen molar-refractivity contribution in [3.05, 3.63) is 0 Å². The molecule has 2 aliphatic carbocycles. The number of nitrogens with zero attached hydrogens (tertiary/aromatic N) is 1. The summed E-state index contributed by atoms with van der Waals surface area (Å²) in [5.41, 5.74) is 0. The Morgan fingerprint density at radius 3 is 2.18 bits per heavy atom. The molecule has 2 nitrogen and oxygen atoms in total. The van der Waals surface area contributed by atoms with Crippen LogP contribution in [-0.4, -0.2) is 36.2 Å². The van der Waals surface area contributed by atoms with Gasteiger partial charge in [-0.25, -0.2) is 0 Å². The van der Waals surface area contributed by atoms with E-state index in [0.29, 0.717) is 12.0 Å². The molecule has 4 atom stereocenters. The zero-order valence-electron chi connectivity index (χ0n) is 7.33. The molecule has 2 saturated carbocycles. The van der Waals surface area contributed by atoms with Gasteiger partial charge >= 0.3 is 0 Å². The highest BCUT2D eigenvalue weighted by atomic mass is 16.3. The predicted octanol–water partition coefficient (Wildman–Crippen LogP) is 0.707. The minimum absolute atomic E-state index is 0.0382. The molecule has 1 N–H and O–H groups in total. The number of fused-ring (bicyclic) bond motifs is 2. The lowest BCUT2D eigenvalue weighted by atomic mass is 9.92. The van der Waals surface area contributed by atoms with Gasteiger partial charge in [0.25, 0.3) is 0 Å². The first-order chi connectivity index (χ1) is 5.20. The van der Waals surface area contributed by atoms with Gasteiger partial charge in [-0.2, -0.15) is 0 Å². The third kappa shape index (κ3) is 1.00. The number of rotatable bonds is 1. The van der Waals surface area contributed by atoms with E-state index in [1.165, 1.54) is 19.3 Å². The minimum Gasteiger partial charge on any atom is -0.391 e. The van der Waals surface area contributed by atoms with Gasteiger partial charge < -0.3 is 10.0 Å². The van der Waals surface area contributed by atoms with Crippen molar-refractivity contribution in [3.63, 3.8) is 0 Å². The van der Waals surface area contributed by atoms with Crippen molar-refractivity contribution in [1.82, 2.24) is 4.90 Å². The zero-order chi connectivity index (χ0) is 8.01. The Balaban J connectivity index is 2.11. The molecule has 0 aromatic rings. The van der Waals surface area contributed by atoms with Gasteiger partial charge in [0.1, 0.15) is 0 Å². The Bertz CT molecular complexity index is 156. The molecule has 0 radical (unpaired) electrons. The van der Waals surface area contributed by atoms with Gasteiger partial charge in [-0.15, -0.1) is 0 Å². The number of aliphatic hydroxyl groups is 1. The average Bonchev–Trinajstić information content (AvgIpc) is 2.44. The Kier molecular flexibility index (Phi) is 1.69. The smallest absolute Gasteiger partial charge is 0.0726 e. The van der Waals surface area contributed by atoms with Crippen molar-refractivity contribution in [2.75, 3.05) is 14.1 Å². The van der Waals surface area contributed by atoms with Crippen LogP contribution in [0.5, 0.6) is 0 Å². The van der Waals surface area contributed by atoms with Crippen molar-refractivity contribution >= 4 is 0 Å². The molecule has 2 fully saturated rings. The topological polar surface area (TPSA) is 23.5 Å². The van der Waals surface area contributed by atoms with E-state index in [1.54, 1.807) is 0 Å². The van der Waals surface area contributed by atoms with Crippen LogP contribution in [0.1, 0.15) is 19.3 Å². The number of hydrogen-bond donors (Lipinski definition) is 1. The van der Waals surface area contributed by atoms with Gasteiger partial charge in [-0.1, -0.05) is 0 Å². The fraction of sp³-hybridized carbons (Fsp3) is 1.00. The van der Waals surface area contributed by atoms with Crippen molar-refractivity contribution in [3.8, 4) is 0 Å². The lowest BCUT2D eigenvalue weighted by Crippen LogP contribution is -2.43. The van der Waals surface area contributed by atoms with E-state index in [9.17, 15) is 5.11 Å². The fourth-order valence-corrected chi connectivity index (χ4v) is 2.96. The average molecular weight is 155 g/mol. The minimum atomic E-state index is -0.0382. The molecule has 11 heavy (non-hydrogen) atoms. The number of likely N-dealkylation sites (N-methyl/N-ethyl adjacent to an activating group) is 1. The monoisotopic (exact) mass is 155 g/mol. The summed E-state index contributed by atoms with van der Waals surface area (Å²) in [6, 6.07) is 0.453. The van der Waals surface area contributed by atoms with Gasteiger partial charge in [-0.3, -0.25) is 0 Å². The highest BCUT2D eigenvalue weighted by Gasteiger charge is 2.47. The fourth-order valence-electron chi connectivity index (χ4n) is 2.96. The van der Waals surface area contributed by atoms with Crippen LogP contribution in [0.25, 0.3) is 0 Å². The molecule has 0 aliphatic heterocycles. The van der Waals surface area contributed by atoms with Gasteiger partial charge in [0.2, 0.25) is 0 Å². The maximum Gasteiger partial charge on any atom is 0.0726 e. The normalized spacial score (nSPS) is 49.1. The van der Waals surface area contributed by atoms with Crippen LogP contribution in [0.2, 0.25) is 0 Å². The van der Waals surface area contributed by atoms with Crippen LogP contribution in [0.3, 0.4) is 0 Å². The maximum absolute atomic E-state index is 9.81. The molecule has 0 unspecified atom stereocenters. The van der Waals surface area contributed by atoms with Gasteiger partial charge in [0, 0.05) is 6.04 Å². The third-order valence-electron chi connectivity index (χ3n) is 3.43. The molecule has 64 valence electrons. The molecular weight excluding hydrogens is 138 g/mol. The van der Waals surface area contributed by atoms with Gasteiger partial charge in [-0.05, 0) is 45.2 Å². The van der Waals surface area contributed by atoms with E-state index in [4.69, 9.17) is 0 Å². The molecule has 2 rings (SSSR count). The van der Waals surface area contributed by atoms with Crippen LogP contribution in [0, 0.1) is 11.8 Å². The molecule has 0 amide bonds. The second kappa shape index (κ2) is 2.46. The summed E-state index contributed by atoms with van der Waals surface area (Å²) in [6.45, 7) is 0. The third-order valence-corrected chi connectivity index (χ3v) is 3.43. The summed E-state index contributed by atoms with van der Waals surface area (Å²) in [5.74, 6) is 1.40. The Morgan fingerprint density at radius 1 is 1.18 bits per heavy atom. The van der Waals surface area contributed by atoms with E-state index in [1.807, 2.05) is 0 Å². The molecule has 2 bridgehead atoms. The number of aliphatic hydroxyl groups excluding tert-OH is 1. The summed E-state index contributed by atoms with van der Waals surface area (Å²) >= 11 is 0. The van der Waals surface area contributed by atoms with Crippen LogP contribution < -0.4 is 0 Å². The second-order valence-corrected chi connectivity index (χ2v) is 4.28. The Morgan fingerprint density at radius 2 is 1.82 bits per heavy atom. The van der Waals surface area contributed by atoms with Crippen molar-refractivity contribution in [2.24, 2.45) is 11.8 Å². The van der Waals surface area contributed by atoms with E-state index in [2.05, 4.69) is 19.0 Å². The lowest BCUT2D eigenvalue weighted by Gasteiger charge is -2.32. The summed E-state index contributed by atoms with van der Waals surface area (Å²) in [5, 5.41) is 9.81. The van der Waals surface area contributed by atoms with E-state index < -0.39 is 0 Å². The van der Waals surface area contributed by atoms with Gasteiger partial charge in [0.15, 0.2) is 0 Å². The summed E-state index contributed by atoms with van der Waals surface area (Å²) in [6.07, 6.45) is 3.83. The Labute approximate surface area is 68.2 Å². The lowest BCUT2D eigenvalue weighted by molar-refractivity contribution is 0.0349. The maximum atomic E-state index is 9.81. The molecule has 2 heteroatoms. The van der Waals surface area contributed by atoms with Crippen molar-refractivity contribution in [2.45, 2.75) is 31.4 Å². The second-order valence-electron chi connectivity index (χ2n) is 4.28. The molecule has 0 aromatic heterocycles. The molecule has 0 saturated heterocycles. The van der Waals surface area contributed by atoms with E-state index in [0.717, 1.165) is 5.92 Å². The summed E-state index contributed by atoms with van der Waals surface area (Å²) < 4.78 is 0. The SMILES string of the molecule is CN(C)[C@H]1[C@@H]2CC[C@@H](C2)[C@H]1O. The standard InChI is InChI=1S/C9H17NO/c1-10(2)8-6-3-4-7(5-6)9(8)11/h6-9,11H,3-5H2,1-2H3/t6-,7+,8+,9-/m1/s1. The van der Waals surface area contributed by atoms with Crippen LogP contribution in [-0.2, 0) is 0 Å².